The van der Waals surface area contributed by atoms with Gasteiger partial charge in [-0.05, 0) is 52.2 Å². The summed E-state index contributed by atoms with van der Waals surface area (Å²) >= 11 is 3.02. The van der Waals surface area contributed by atoms with E-state index in [1.54, 1.807) is 0 Å². The molecular formula is C15H10BrF3O. The molecule has 0 bridgehead atoms. The molecule has 0 saturated heterocycles. The zero-order chi connectivity index (χ0) is 14.9. The zero-order valence-electron chi connectivity index (χ0n) is 10.5. The number of Topliss-reactive ketones (excluding diaryl/α,β-unsaturated/α-hetero) is 1. The topological polar surface area (TPSA) is 17.1 Å². The van der Waals surface area contributed by atoms with Crippen LogP contribution in [0.15, 0.2) is 34.8 Å². The first kappa shape index (κ1) is 14.8. The van der Waals surface area contributed by atoms with Crippen molar-refractivity contribution in [3.05, 3.63) is 68.9 Å². The van der Waals surface area contributed by atoms with Crippen LogP contribution in [0.3, 0.4) is 0 Å². The summed E-state index contributed by atoms with van der Waals surface area (Å²) in [5.74, 6) is -2.50. The van der Waals surface area contributed by atoms with E-state index in [0.717, 1.165) is 0 Å². The van der Waals surface area contributed by atoms with Gasteiger partial charge in [0.05, 0.1) is 10.0 Å². The lowest BCUT2D eigenvalue weighted by Crippen LogP contribution is -2.07. The standard InChI is InChI=1S/C15H10BrF3O/c1-8-4-10(14(19)7-13(8)18)15(20)6-9-2-3-12(17)11(16)5-9/h2-5,7H,6H2,1H3. The number of rotatable bonds is 3. The third-order valence-electron chi connectivity index (χ3n) is 2.90. The highest BCUT2D eigenvalue weighted by atomic mass is 79.9. The van der Waals surface area contributed by atoms with Gasteiger partial charge >= 0.3 is 0 Å². The lowest BCUT2D eigenvalue weighted by molar-refractivity contribution is 0.0989. The van der Waals surface area contributed by atoms with Gasteiger partial charge < -0.3 is 0 Å². The molecule has 0 atom stereocenters. The summed E-state index contributed by atoms with van der Waals surface area (Å²) in [6, 6.07) is 6.02. The molecule has 0 aromatic heterocycles. The Kier molecular flexibility index (Phi) is 4.28. The molecule has 0 amide bonds. The minimum atomic E-state index is -0.890. The largest absolute Gasteiger partial charge is 0.294 e. The fourth-order valence-electron chi connectivity index (χ4n) is 1.80. The Balaban J connectivity index is 2.28. The Bertz CT molecular complexity index is 683. The van der Waals surface area contributed by atoms with Crippen molar-refractivity contribution in [2.75, 3.05) is 0 Å². The Morgan fingerprint density at radius 3 is 2.40 bits per heavy atom. The molecular weight excluding hydrogens is 333 g/mol. The minimum Gasteiger partial charge on any atom is -0.294 e. The Hall–Kier alpha value is -1.62. The lowest BCUT2D eigenvalue weighted by atomic mass is 10.0. The smallest absolute Gasteiger partial charge is 0.170 e. The molecule has 0 heterocycles. The van der Waals surface area contributed by atoms with Crippen LogP contribution in [0.2, 0.25) is 0 Å². The summed E-state index contributed by atoms with van der Waals surface area (Å²) in [6.45, 7) is 1.46. The van der Waals surface area contributed by atoms with Gasteiger partial charge in [0.15, 0.2) is 5.78 Å². The predicted octanol–water partition coefficient (Wildman–Crippen LogP) is 4.60. The molecule has 104 valence electrons. The van der Waals surface area contributed by atoms with E-state index in [4.69, 9.17) is 0 Å². The van der Waals surface area contributed by atoms with Gasteiger partial charge in [-0.1, -0.05) is 6.07 Å². The quantitative estimate of drug-likeness (QED) is 0.745. The van der Waals surface area contributed by atoms with Crippen LogP contribution in [0.25, 0.3) is 0 Å². The van der Waals surface area contributed by atoms with Gasteiger partial charge in [-0.25, -0.2) is 13.2 Å². The average molecular weight is 343 g/mol. The molecule has 0 saturated carbocycles. The van der Waals surface area contributed by atoms with E-state index >= 15 is 0 Å². The van der Waals surface area contributed by atoms with Crippen molar-refractivity contribution in [1.82, 2.24) is 0 Å². The van der Waals surface area contributed by atoms with Crippen molar-refractivity contribution >= 4 is 21.7 Å². The highest BCUT2D eigenvalue weighted by Crippen LogP contribution is 2.20. The van der Waals surface area contributed by atoms with Gasteiger partial charge in [0, 0.05) is 12.5 Å². The van der Waals surface area contributed by atoms with Crippen LogP contribution in [0.5, 0.6) is 0 Å². The van der Waals surface area contributed by atoms with Crippen LogP contribution >= 0.6 is 15.9 Å². The van der Waals surface area contributed by atoms with Gasteiger partial charge in [-0.3, -0.25) is 4.79 Å². The Morgan fingerprint density at radius 1 is 1.05 bits per heavy atom. The van der Waals surface area contributed by atoms with Gasteiger partial charge in [-0.2, -0.15) is 0 Å². The molecule has 0 unspecified atom stereocenters. The van der Waals surface area contributed by atoms with E-state index in [1.807, 2.05) is 0 Å². The molecule has 0 fully saturated rings. The number of hydrogen-bond donors (Lipinski definition) is 0. The van der Waals surface area contributed by atoms with Gasteiger partial charge in [0.25, 0.3) is 0 Å². The molecule has 5 heteroatoms. The lowest BCUT2D eigenvalue weighted by Gasteiger charge is -2.06. The monoisotopic (exact) mass is 342 g/mol. The van der Waals surface area contributed by atoms with Crippen LogP contribution in [0.4, 0.5) is 13.2 Å². The maximum atomic E-state index is 13.6. The number of aryl methyl sites for hydroxylation is 1. The van der Waals surface area contributed by atoms with E-state index in [-0.39, 0.29) is 22.0 Å². The van der Waals surface area contributed by atoms with E-state index in [9.17, 15) is 18.0 Å². The van der Waals surface area contributed by atoms with Crippen LogP contribution in [-0.2, 0) is 6.42 Å². The summed E-state index contributed by atoms with van der Waals surface area (Å²) in [6.07, 6.45) is -0.0825. The third-order valence-corrected chi connectivity index (χ3v) is 3.51. The van der Waals surface area contributed by atoms with Crippen molar-refractivity contribution < 1.29 is 18.0 Å². The fraction of sp³-hybridized carbons (Fsp3) is 0.133. The molecule has 0 spiro atoms. The summed E-state index contributed by atoms with van der Waals surface area (Å²) in [5, 5.41) is 0. The summed E-state index contributed by atoms with van der Waals surface area (Å²) in [4.78, 5) is 12.0. The summed E-state index contributed by atoms with van der Waals surface area (Å²) in [7, 11) is 0. The Morgan fingerprint density at radius 2 is 1.75 bits per heavy atom. The fourth-order valence-corrected chi connectivity index (χ4v) is 2.23. The van der Waals surface area contributed by atoms with Crippen LogP contribution in [-0.4, -0.2) is 5.78 Å². The highest BCUT2D eigenvalue weighted by Gasteiger charge is 2.15. The first-order valence-electron chi connectivity index (χ1n) is 5.81. The SMILES string of the molecule is Cc1cc(C(=O)Cc2ccc(F)c(Br)c2)c(F)cc1F. The second-order valence-corrected chi connectivity index (χ2v) is 5.28. The predicted molar refractivity (Wildman–Crippen MR) is 73.2 cm³/mol. The van der Waals surface area contributed by atoms with Gasteiger partial charge in [-0.15, -0.1) is 0 Å². The van der Waals surface area contributed by atoms with E-state index in [2.05, 4.69) is 15.9 Å². The number of ketones is 1. The normalized spacial score (nSPS) is 10.7. The van der Waals surface area contributed by atoms with Crippen molar-refractivity contribution in [3.63, 3.8) is 0 Å². The maximum absolute atomic E-state index is 13.6. The second-order valence-electron chi connectivity index (χ2n) is 4.43. The molecule has 2 aromatic rings. The van der Waals surface area contributed by atoms with Crippen LogP contribution < -0.4 is 0 Å². The molecule has 0 aliphatic heterocycles. The second kappa shape index (κ2) is 5.79. The first-order valence-corrected chi connectivity index (χ1v) is 6.60. The zero-order valence-corrected chi connectivity index (χ0v) is 12.1. The van der Waals surface area contributed by atoms with Crippen molar-refractivity contribution in [1.29, 1.82) is 0 Å². The Labute approximate surface area is 122 Å². The van der Waals surface area contributed by atoms with Crippen LogP contribution in [0.1, 0.15) is 21.5 Å². The molecule has 0 N–H and O–H groups in total. The molecule has 2 rings (SSSR count). The molecule has 0 radical (unpaired) electrons. The third kappa shape index (κ3) is 3.10. The highest BCUT2D eigenvalue weighted by molar-refractivity contribution is 9.10. The van der Waals surface area contributed by atoms with Crippen molar-refractivity contribution in [3.8, 4) is 0 Å². The number of benzene rings is 2. The molecule has 0 aliphatic rings. The number of halogens is 4. The molecule has 1 nitrogen and oxygen atoms in total. The maximum Gasteiger partial charge on any atom is 0.170 e. The van der Waals surface area contributed by atoms with Crippen LogP contribution in [0, 0.1) is 24.4 Å². The summed E-state index contributed by atoms with van der Waals surface area (Å²) < 4.78 is 40.1. The first-order chi connectivity index (χ1) is 9.38. The van der Waals surface area contributed by atoms with Gasteiger partial charge in [0.2, 0.25) is 0 Å². The number of carbonyl (C=O) groups is 1. The molecule has 2 aromatic carbocycles. The van der Waals surface area contributed by atoms with E-state index in [1.165, 1.54) is 31.2 Å². The molecule has 0 aliphatic carbocycles. The summed E-state index contributed by atoms with van der Waals surface area (Å²) in [5.41, 5.74) is 0.587. The number of carbonyl (C=O) groups excluding carboxylic acids is 1. The van der Waals surface area contributed by atoms with Crippen molar-refractivity contribution in [2.24, 2.45) is 0 Å². The van der Waals surface area contributed by atoms with Gasteiger partial charge in [0.1, 0.15) is 17.5 Å². The van der Waals surface area contributed by atoms with E-state index in [0.29, 0.717) is 11.6 Å². The minimum absolute atomic E-state index is 0.0825. The van der Waals surface area contributed by atoms with E-state index < -0.39 is 23.2 Å². The average Bonchev–Trinajstić information content (AvgIpc) is 2.38. The van der Waals surface area contributed by atoms with Crippen molar-refractivity contribution in [2.45, 2.75) is 13.3 Å². The molecule has 20 heavy (non-hydrogen) atoms. The number of hydrogen-bond acceptors (Lipinski definition) is 1.